The second kappa shape index (κ2) is 12.5. The number of nitrogens with zero attached hydrogens (tertiary/aromatic N) is 3. The average Bonchev–Trinajstić information content (AvgIpc) is 3.47. The van der Waals surface area contributed by atoms with Crippen LogP contribution in [0.25, 0.3) is 0 Å². The lowest BCUT2D eigenvalue weighted by Gasteiger charge is -2.46. The smallest absolute Gasteiger partial charge is 0.338 e. The number of aliphatic carboxylic acids is 2. The van der Waals surface area contributed by atoms with Crippen LogP contribution in [-0.4, -0.2) is 61.9 Å². The van der Waals surface area contributed by atoms with Crippen molar-refractivity contribution in [3.05, 3.63) is 99.8 Å². The van der Waals surface area contributed by atoms with E-state index in [1.807, 2.05) is 10.8 Å². The third kappa shape index (κ3) is 6.09. The number of benzene rings is 2. The number of ether oxygens (including phenoxy) is 2. The van der Waals surface area contributed by atoms with Gasteiger partial charge in [-0.25, -0.2) is 14.6 Å². The number of carbonyl (C=O) groups excluding carboxylic acids is 1. The van der Waals surface area contributed by atoms with E-state index in [4.69, 9.17) is 9.47 Å². The van der Waals surface area contributed by atoms with Crippen LogP contribution in [0, 0.1) is 15.5 Å². The van der Waals surface area contributed by atoms with E-state index in [2.05, 4.69) is 10.3 Å². The highest BCUT2D eigenvalue weighted by Crippen LogP contribution is 2.50. The number of esters is 1. The first-order valence-corrected chi connectivity index (χ1v) is 13.1. The summed E-state index contributed by atoms with van der Waals surface area (Å²) in [5.74, 6) is -4.13. The number of nitro benzene ring substituents is 1. The first kappa shape index (κ1) is 29.8. The summed E-state index contributed by atoms with van der Waals surface area (Å²) in [6, 6.07) is 10.7. The molecule has 3 aromatic rings. The zero-order valence-corrected chi connectivity index (χ0v) is 22.9. The molecule has 0 bridgehead atoms. The molecule has 0 fully saturated rings. The van der Waals surface area contributed by atoms with Crippen molar-refractivity contribution < 1.29 is 39.0 Å². The van der Waals surface area contributed by atoms with E-state index in [9.17, 15) is 34.7 Å². The molecule has 2 heterocycles. The Balaban J connectivity index is 1.53. The Morgan fingerprint density at radius 2 is 1.88 bits per heavy atom. The largest absolute Gasteiger partial charge is 0.492 e. The van der Waals surface area contributed by atoms with Crippen molar-refractivity contribution in [2.45, 2.75) is 38.8 Å². The molecule has 0 spiro atoms. The van der Waals surface area contributed by atoms with Crippen LogP contribution < -0.4 is 10.1 Å². The van der Waals surface area contributed by atoms with Crippen LogP contribution in [-0.2, 0) is 20.9 Å². The maximum absolute atomic E-state index is 13.0. The van der Waals surface area contributed by atoms with Crippen molar-refractivity contribution in [3.63, 3.8) is 0 Å². The Morgan fingerprint density at radius 3 is 2.50 bits per heavy atom. The average molecular weight is 579 g/mol. The molecule has 0 amide bonds. The van der Waals surface area contributed by atoms with Gasteiger partial charge in [0.2, 0.25) is 0 Å². The maximum Gasteiger partial charge on any atom is 0.338 e. The van der Waals surface area contributed by atoms with Gasteiger partial charge in [0.05, 0.1) is 35.5 Å². The molecule has 3 atom stereocenters. The highest BCUT2D eigenvalue weighted by molar-refractivity contribution is 5.93. The van der Waals surface area contributed by atoms with E-state index in [1.54, 1.807) is 31.6 Å². The number of aromatic nitrogens is 2. The SMILES string of the molecule is CC1=C(C(=O)O)C(c2cccc([N+](=O)[O-])c2)C(CCOC(=O)c2ccc(OCCn3ccnc3)cc2)(C(=O)O)C(C)N1. The number of rotatable bonds is 12. The Hall–Kier alpha value is -5.20. The molecule has 0 saturated carbocycles. The summed E-state index contributed by atoms with van der Waals surface area (Å²) in [6.45, 7) is 3.74. The lowest BCUT2D eigenvalue weighted by Crippen LogP contribution is -2.57. The van der Waals surface area contributed by atoms with Gasteiger partial charge in [-0.15, -0.1) is 0 Å². The Kier molecular flexibility index (Phi) is 8.89. The summed E-state index contributed by atoms with van der Waals surface area (Å²) in [5, 5.41) is 35.0. The molecule has 1 aliphatic rings. The molecule has 2 aromatic carbocycles. The Labute approximate surface area is 240 Å². The Morgan fingerprint density at radius 1 is 1.14 bits per heavy atom. The zero-order chi connectivity index (χ0) is 30.4. The van der Waals surface area contributed by atoms with Crippen LogP contribution in [0.2, 0.25) is 0 Å². The number of allylic oxidation sites excluding steroid dienone is 1. The van der Waals surface area contributed by atoms with Crippen LogP contribution >= 0.6 is 0 Å². The summed E-state index contributed by atoms with van der Waals surface area (Å²) < 4.78 is 13.0. The molecular formula is C29H30N4O9. The van der Waals surface area contributed by atoms with Gasteiger partial charge in [-0.3, -0.25) is 14.9 Å². The maximum atomic E-state index is 13.0. The second-order valence-electron chi connectivity index (χ2n) is 9.90. The van der Waals surface area contributed by atoms with Crippen LogP contribution in [0.4, 0.5) is 5.69 Å². The molecule has 1 aromatic heterocycles. The number of nitrogens with one attached hydrogen (secondary N) is 1. The molecule has 3 N–H and O–H groups in total. The number of imidazole rings is 1. The van der Waals surface area contributed by atoms with Gasteiger partial charge in [0.15, 0.2) is 0 Å². The summed E-state index contributed by atoms with van der Waals surface area (Å²) in [6.07, 6.45) is 4.88. The molecule has 1 aliphatic heterocycles. The van der Waals surface area contributed by atoms with Crippen molar-refractivity contribution in [2.75, 3.05) is 13.2 Å². The van der Waals surface area contributed by atoms with Gasteiger partial charge >= 0.3 is 17.9 Å². The molecule has 4 rings (SSSR count). The quantitative estimate of drug-likeness (QED) is 0.162. The monoisotopic (exact) mass is 578 g/mol. The van der Waals surface area contributed by atoms with Gasteiger partial charge in [-0.05, 0) is 43.7 Å². The van der Waals surface area contributed by atoms with Gasteiger partial charge in [0.25, 0.3) is 5.69 Å². The standard InChI is InChI=1S/C29H30N4O9/c1-18-24(26(34)35)25(21-4-3-5-22(16-21)33(39)40)29(28(37)38,19(2)31-18)10-14-42-27(36)20-6-8-23(9-7-20)41-15-13-32-12-11-30-17-32/h3-9,11-12,16-17,19,25,31H,10,13-15H2,1-2H3,(H,34,35)(H,37,38). The topological polar surface area (TPSA) is 183 Å². The van der Waals surface area contributed by atoms with Crippen molar-refractivity contribution in [1.82, 2.24) is 14.9 Å². The molecule has 0 aliphatic carbocycles. The minimum absolute atomic E-state index is 0.159. The first-order chi connectivity index (χ1) is 20.0. The second-order valence-corrected chi connectivity index (χ2v) is 9.90. The van der Waals surface area contributed by atoms with Gasteiger partial charge in [-0.2, -0.15) is 0 Å². The zero-order valence-electron chi connectivity index (χ0n) is 22.9. The lowest BCUT2D eigenvalue weighted by molar-refractivity contribution is -0.384. The van der Waals surface area contributed by atoms with E-state index >= 15 is 0 Å². The van der Waals surface area contributed by atoms with Gasteiger partial charge in [0.1, 0.15) is 17.8 Å². The van der Waals surface area contributed by atoms with Crippen LogP contribution in [0.1, 0.15) is 42.1 Å². The van der Waals surface area contributed by atoms with E-state index in [-0.39, 0.29) is 41.1 Å². The van der Waals surface area contributed by atoms with Crippen LogP contribution in [0.5, 0.6) is 5.75 Å². The number of non-ortho nitro benzene ring substituents is 1. The molecule has 13 nitrogen and oxygen atoms in total. The number of nitro groups is 1. The number of carbonyl (C=O) groups is 3. The molecule has 3 unspecified atom stereocenters. The van der Waals surface area contributed by atoms with Crippen molar-refractivity contribution in [1.29, 1.82) is 0 Å². The molecule has 13 heteroatoms. The van der Waals surface area contributed by atoms with E-state index < -0.39 is 40.2 Å². The van der Waals surface area contributed by atoms with E-state index in [0.717, 1.165) is 0 Å². The Bertz CT molecular complexity index is 1500. The highest BCUT2D eigenvalue weighted by atomic mass is 16.6. The van der Waals surface area contributed by atoms with Crippen molar-refractivity contribution in [3.8, 4) is 5.75 Å². The van der Waals surface area contributed by atoms with Gasteiger partial charge < -0.3 is 29.6 Å². The minimum Gasteiger partial charge on any atom is -0.492 e. The molecule has 0 radical (unpaired) electrons. The minimum atomic E-state index is -1.82. The molecule has 0 saturated heterocycles. The number of hydrogen-bond donors (Lipinski definition) is 3. The molecule has 220 valence electrons. The normalized spacial score (nSPS) is 20.0. The van der Waals surface area contributed by atoms with E-state index in [1.165, 1.54) is 43.3 Å². The summed E-state index contributed by atoms with van der Waals surface area (Å²) in [5.41, 5.74) is -1.74. The van der Waals surface area contributed by atoms with Gasteiger partial charge in [0, 0.05) is 48.6 Å². The number of carboxylic acid groups (broad SMARTS) is 2. The summed E-state index contributed by atoms with van der Waals surface area (Å²) in [4.78, 5) is 52.9. The third-order valence-electron chi connectivity index (χ3n) is 7.47. The summed E-state index contributed by atoms with van der Waals surface area (Å²) >= 11 is 0. The highest BCUT2D eigenvalue weighted by Gasteiger charge is 2.56. The van der Waals surface area contributed by atoms with Gasteiger partial charge in [-0.1, -0.05) is 12.1 Å². The fraction of sp³-hybridized carbons (Fsp3) is 0.310. The van der Waals surface area contributed by atoms with Crippen molar-refractivity contribution in [2.24, 2.45) is 5.41 Å². The number of hydrogen-bond acceptors (Lipinski definition) is 9. The molecule has 42 heavy (non-hydrogen) atoms. The van der Waals surface area contributed by atoms with Crippen LogP contribution in [0.15, 0.2) is 78.5 Å². The predicted molar refractivity (Wildman–Crippen MR) is 148 cm³/mol. The third-order valence-corrected chi connectivity index (χ3v) is 7.47. The fourth-order valence-electron chi connectivity index (χ4n) is 5.37. The predicted octanol–water partition coefficient (Wildman–Crippen LogP) is 3.62. The summed E-state index contributed by atoms with van der Waals surface area (Å²) in [7, 11) is 0. The van der Waals surface area contributed by atoms with E-state index in [0.29, 0.717) is 18.9 Å². The molecular weight excluding hydrogens is 548 g/mol. The number of carboxylic acids is 2. The van der Waals surface area contributed by atoms with Crippen LogP contribution in [0.3, 0.4) is 0 Å². The first-order valence-electron chi connectivity index (χ1n) is 13.1. The van der Waals surface area contributed by atoms with Crippen molar-refractivity contribution >= 4 is 23.6 Å². The lowest BCUT2D eigenvalue weighted by atomic mass is 9.60. The fourth-order valence-corrected chi connectivity index (χ4v) is 5.37.